The van der Waals surface area contributed by atoms with E-state index in [4.69, 9.17) is 17.2 Å². The number of nitrogens with zero attached hydrogens (tertiary/aromatic N) is 1. The van der Waals surface area contributed by atoms with Crippen molar-refractivity contribution in [2.24, 2.45) is 29.0 Å². The molecule has 11 amide bonds. The first-order valence-electron chi connectivity index (χ1n) is 21.2. The van der Waals surface area contributed by atoms with Gasteiger partial charge in [-0.15, -0.1) is 0 Å². The number of likely N-dealkylation sites (N-methyl/N-ethyl adjacent to an activating group) is 1. The fourth-order valence-corrected chi connectivity index (χ4v) is 8.50. The summed E-state index contributed by atoms with van der Waals surface area (Å²) in [5.74, 6) is -9.95. The quantitative estimate of drug-likeness (QED) is 0.0651. The summed E-state index contributed by atoms with van der Waals surface area (Å²) in [5.41, 5.74) is 16.5. The van der Waals surface area contributed by atoms with Crippen LogP contribution in [0.25, 0.3) is 0 Å². The highest BCUT2D eigenvalue weighted by atomic mass is 33.1. The van der Waals surface area contributed by atoms with Crippen LogP contribution in [0.4, 0.5) is 0 Å². The van der Waals surface area contributed by atoms with Crippen LogP contribution in [-0.2, 0) is 59.2 Å². The maximum Gasteiger partial charge on any atom is 0.246 e. The first-order valence-corrected chi connectivity index (χ1v) is 23.7. The largest absolute Gasteiger partial charge is 0.508 e. The molecule has 7 atom stereocenters. The van der Waals surface area contributed by atoms with E-state index in [1.165, 1.54) is 19.2 Å². The fraction of sp³-hybridized carbons (Fsp3) is 0.585. The highest BCUT2D eigenvalue weighted by Crippen LogP contribution is 2.24. The second kappa shape index (κ2) is 28.0. The molecule has 0 aromatic heterocycles. The van der Waals surface area contributed by atoms with E-state index in [9.17, 15) is 57.8 Å². The maximum absolute atomic E-state index is 14.0. The Morgan fingerprint density at radius 3 is 2.02 bits per heavy atom. The number of aromatic hydroxyl groups is 1. The van der Waals surface area contributed by atoms with Gasteiger partial charge in [0.2, 0.25) is 65.0 Å². The fourth-order valence-electron chi connectivity index (χ4n) is 6.36. The third-order valence-corrected chi connectivity index (χ3v) is 12.5. The number of rotatable bonds is 18. The molecule has 1 aromatic rings. The zero-order valence-electron chi connectivity index (χ0n) is 37.6. The molecule has 1 fully saturated rings. The predicted octanol–water partition coefficient (Wildman–Crippen LogP) is -3.08. The van der Waals surface area contributed by atoms with Crippen molar-refractivity contribution in [3.05, 3.63) is 29.8 Å². The number of hydrogen-bond donors (Lipinski definition) is 11. The summed E-state index contributed by atoms with van der Waals surface area (Å²) in [5, 5.41) is 27.5. The van der Waals surface area contributed by atoms with Crippen LogP contribution in [0.1, 0.15) is 71.8 Å². The Morgan fingerprint density at radius 2 is 1.42 bits per heavy atom. The van der Waals surface area contributed by atoms with Gasteiger partial charge in [-0.1, -0.05) is 67.8 Å². The second-order valence-corrected chi connectivity index (χ2v) is 18.8. The second-order valence-electron chi connectivity index (χ2n) is 16.2. The Kier molecular flexibility index (Phi) is 23.8. The summed E-state index contributed by atoms with van der Waals surface area (Å²) in [6.07, 6.45) is -1.24. The van der Waals surface area contributed by atoms with Crippen LogP contribution in [-0.4, -0.2) is 143 Å². The molecule has 0 aliphatic carbocycles. The van der Waals surface area contributed by atoms with E-state index in [1.807, 2.05) is 0 Å². The molecule has 1 aliphatic heterocycles. The molecule has 1 aliphatic rings. The molecule has 2 rings (SSSR count). The van der Waals surface area contributed by atoms with Gasteiger partial charge >= 0.3 is 0 Å². The summed E-state index contributed by atoms with van der Waals surface area (Å²) in [6.45, 7) is 5.93. The molecule has 1 saturated heterocycles. The molecule has 0 unspecified atom stereocenters. The van der Waals surface area contributed by atoms with Crippen LogP contribution < -0.4 is 54.4 Å². The van der Waals surface area contributed by atoms with Crippen LogP contribution in [0, 0.1) is 11.8 Å². The number of hydrogen-bond acceptors (Lipinski definition) is 14. The van der Waals surface area contributed by atoms with E-state index in [2.05, 4.69) is 37.2 Å². The minimum Gasteiger partial charge on any atom is -0.508 e. The number of primary amides is 3. The summed E-state index contributed by atoms with van der Waals surface area (Å²) in [6, 6.07) is -2.43. The average Bonchev–Trinajstić information content (AvgIpc) is 3.23. The lowest BCUT2D eigenvalue weighted by Crippen LogP contribution is -2.61. The molecule has 0 saturated carbocycles. The predicted molar refractivity (Wildman–Crippen MR) is 244 cm³/mol. The molecule has 0 spiro atoms. The smallest absolute Gasteiger partial charge is 0.246 e. The number of amides is 11. The molecule has 23 nitrogen and oxygen atoms in total. The van der Waals surface area contributed by atoms with Crippen molar-refractivity contribution in [3.63, 3.8) is 0 Å². The lowest BCUT2D eigenvalue weighted by Gasteiger charge is -2.29. The monoisotopic (exact) mass is 965 g/mol. The topological polar surface area (TPSA) is 374 Å². The van der Waals surface area contributed by atoms with Gasteiger partial charge in [0.15, 0.2) is 0 Å². The van der Waals surface area contributed by atoms with E-state index in [1.54, 1.807) is 39.8 Å². The standard InChI is InChI=1S/C41H63N11O12S2/c1-6-22(4)35-40(63)48-25(11-12-30(42)54)37(60)49-28(17-31(43)55)38(61)50-29(41(64)52(5)19-34(58)47-26(15-21(2)3)36(59)45-18-32(44)56)20-66-65-14-13-33(57)46-27(39(62)51-35)16-23-7-9-24(53)10-8-23/h7-10,21-22,25-29,35,53H,6,11-20H2,1-5H3,(H2,42,54)(H2,43,55)(H2,44,56)(H,45,59)(H,46,57)(H,47,58)(H,48,63)(H,49,60)(H,50,61)(H,51,62)/t22-,25-,26-,27-,28-,29-,35-/m0/s1. The molecule has 0 bridgehead atoms. The van der Waals surface area contributed by atoms with Gasteiger partial charge in [-0.05, 0) is 42.4 Å². The SMILES string of the molecule is CC[C@H](C)[C@@H]1NC(=O)[C@H](Cc2ccc(O)cc2)NC(=O)CCSSC[C@@H](C(=O)N(C)CC(=O)N[C@@H](CC(C)C)C(=O)NCC(N)=O)NC(=O)[C@H](CC(N)=O)NC(=O)[C@H](CCC(N)=O)NC1=O. The van der Waals surface area contributed by atoms with Gasteiger partial charge < -0.3 is 64.4 Å². The van der Waals surface area contributed by atoms with Crippen molar-refractivity contribution < 1.29 is 57.8 Å². The molecule has 1 aromatic carbocycles. The van der Waals surface area contributed by atoms with Crippen molar-refractivity contribution in [1.29, 1.82) is 0 Å². The van der Waals surface area contributed by atoms with Gasteiger partial charge in [-0.2, -0.15) is 0 Å². The lowest BCUT2D eigenvalue weighted by molar-refractivity contribution is -0.139. The zero-order chi connectivity index (χ0) is 49.7. The van der Waals surface area contributed by atoms with E-state index in [0.29, 0.717) is 12.0 Å². The van der Waals surface area contributed by atoms with Gasteiger partial charge in [0.25, 0.3) is 0 Å². The summed E-state index contributed by atoms with van der Waals surface area (Å²) in [4.78, 5) is 145. The number of benzene rings is 1. The molecule has 66 heavy (non-hydrogen) atoms. The third kappa shape index (κ3) is 20.4. The average molecular weight is 966 g/mol. The Morgan fingerprint density at radius 1 is 0.803 bits per heavy atom. The molecule has 25 heteroatoms. The highest BCUT2D eigenvalue weighted by Gasteiger charge is 2.36. The molecular formula is C41H63N11O12S2. The third-order valence-electron chi connectivity index (χ3n) is 10.1. The van der Waals surface area contributed by atoms with Crippen LogP contribution in [0.15, 0.2) is 24.3 Å². The number of phenols is 1. The van der Waals surface area contributed by atoms with Crippen molar-refractivity contribution in [2.75, 3.05) is 31.6 Å². The van der Waals surface area contributed by atoms with E-state index in [0.717, 1.165) is 26.5 Å². The van der Waals surface area contributed by atoms with Crippen molar-refractivity contribution in [3.8, 4) is 5.75 Å². The summed E-state index contributed by atoms with van der Waals surface area (Å²) in [7, 11) is 3.44. The summed E-state index contributed by atoms with van der Waals surface area (Å²) >= 11 is 0. The Labute approximate surface area is 390 Å². The number of carbonyl (C=O) groups excluding carboxylic acids is 11. The normalized spacial score (nSPS) is 21.3. The zero-order valence-corrected chi connectivity index (χ0v) is 39.3. The molecular weight excluding hydrogens is 903 g/mol. The van der Waals surface area contributed by atoms with Gasteiger partial charge in [0.1, 0.15) is 42.0 Å². The summed E-state index contributed by atoms with van der Waals surface area (Å²) < 4.78 is 0. The molecule has 1 heterocycles. The Hall–Kier alpha value is -6.11. The maximum atomic E-state index is 14.0. The highest BCUT2D eigenvalue weighted by molar-refractivity contribution is 8.76. The number of carbonyl (C=O) groups is 11. The van der Waals surface area contributed by atoms with Crippen LogP contribution in [0.5, 0.6) is 5.75 Å². The van der Waals surface area contributed by atoms with Gasteiger partial charge in [-0.3, -0.25) is 52.7 Å². The van der Waals surface area contributed by atoms with Crippen molar-refractivity contribution >= 4 is 86.6 Å². The van der Waals surface area contributed by atoms with Crippen molar-refractivity contribution in [2.45, 2.75) is 109 Å². The number of nitrogens with one attached hydrogen (secondary N) is 7. The lowest BCUT2D eigenvalue weighted by atomic mass is 9.96. The van der Waals surface area contributed by atoms with E-state index < -0.39 is 133 Å². The minimum atomic E-state index is -1.74. The van der Waals surface area contributed by atoms with E-state index in [-0.39, 0.29) is 48.9 Å². The van der Waals surface area contributed by atoms with Gasteiger partial charge in [0.05, 0.1) is 19.5 Å². The molecule has 0 radical (unpaired) electrons. The van der Waals surface area contributed by atoms with E-state index >= 15 is 0 Å². The van der Waals surface area contributed by atoms with Crippen molar-refractivity contribution in [1.82, 2.24) is 42.1 Å². The molecule has 14 N–H and O–H groups in total. The molecule has 366 valence electrons. The van der Waals surface area contributed by atoms with Crippen LogP contribution in [0.3, 0.4) is 0 Å². The Bertz CT molecular complexity index is 1920. The first-order chi connectivity index (χ1) is 31.0. The first kappa shape index (κ1) is 56.0. The minimum absolute atomic E-state index is 0.0288. The Balaban J connectivity index is 2.54. The van der Waals surface area contributed by atoms with Crippen LogP contribution >= 0.6 is 21.6 Å². The number of phenolic OH excluding ortho intramolecular Hbond substituents is 1. The van der Waals surface area contributed by atoms with Gasteiger partial charge in [-0.25, -0.2) is 0 Å². The van der Waals surface area contributed by atoms with Gasteiger partial charge in [0, 0.05) is 37.8 Å². The van der Waals surface area contributed by atoms with Crippen LogP contribution in [0.2, 0.25) is 0 Å². The number of nitrogens with two attached hydrogens (primary N) is 3.